The number of nitrogens with two attached hydrogens (primary N) is 2. The highest BCUT2D eigenvalue weighted by molar-refractivity contribution is 6.34. The van der Waals surface area contributed by atoms with Gasteiger partial charge in [0.2, 0.25) is 0 Å². The summed E-state index contributed by atoms with van der Waals surface area (Å²) in [4.78, 5) is 11.2. The highest BCUT2D eigenvalue weighted by Gasteiger charge is 2.16. The number of anilines is 2. The zero-order chi connectivity index (χ0) is 10.0. The highest BCUT2D eigenvalue weighted by Crippen LogP contribution is 2.27. The van der Waals surface area contributed by atoms with Crippen molar-refractivity contribution in [3.05, 3.63) is 22.7 Å². The molecule has 70 valence electrons. The summed E-state index contributed by atoms with van der Waals surface area (Å²) in [6, 6.07) is 3.03. The van der Waals surface area contributed by atoms with Gasteiger partial charge < -0.3 is 16.2 Å². The number of hydrogen-bond acceptors (Lipinski definition) is 4. The molecule has 0 saturated heterocycles. The molecule has 0 heterocycles. The number of nitrogen functional groups attached to an aromatic ring is 2. The molecule has 5 heteroatoms. The van der Waals surface area contributed by atoms with Gasteiger partial charge in [-0.2, -0.15) is 0 Å². The maximum Gasteiger partial charge on any atom is 0.341 e. The Morgan fingerprint density at radius 1 is 1.46 bits per heavy atom. The second-order valence-electron chi connectivity index (χ2n) is 2.42. The predicted octanol–water partition coefficient (Wildman–Crippen LogP) is 1.29. The van der Waals surface area contributed by atoms with E-state index in [-0.39, 0.29) is 16.3 Å². The van der Waals surface area contributed by atoms with E-state index in [0.29, 0.717) is 5.69 Å². The Hall–Kier alpha value is -1.42. The molecule has 0 unspecified atom stereocenters. The van der Waals surface area contributed by atoms with Gasteiger partial charge in [-0.25, -0.2) is 4.79 Å². The van der Waals surface area contributed by atoms with Crippen LogP contribution in [-0.4, -0.2) is 13.1 Å². The van der Waals surface area contributed by atoms with Crippen LogP contribution in [0.25, 0.3) is 0 Å². The van der Waals surface area contributed by atoms with Gasteiger partial charge in [0.05, 0.1) is 23.5 Å². The summed E-state index contributed by atoms with van der Waals surface area (Å²) in [6.07, 6.45) is 0. The minimum Gasteiger partial charge on any atom is -0.465 e. The quantitative estimate of drug-likeness (QED) is 0.529. The van der Waals surface area contributed by atoms with Crippen LogP contribution in [0.15, 0.2) is 12.1 Å². The van der Waals surface area contributed by atoms with E-state index in [1.807, 2.05) is 0 Å². The van der Waals surface area contributed by atoms with E-state index in [2.05, 4.69) is 4.74 Å². The molecule has 0 radical (unpaired) electrons. The zero-order valence-electron chi connectivity index (χ0n) is 7.00. The summed E-state index contributed by atoms with van der Waals surface area (Å²) in [5.41, 5.74) is 11.6. The average Bonchev–Trinajstić information content (AvgIpc) is 2.12. The molecule has 4 nitrogen and oxygen atoms in total. The summed E-state index contributed by atoms with van der Waals surface area (Å²) in [5, 5.41) is 0.235. The maximum atomic E-state index is 11.2. The molecular formula is C8H9ClN2O2. The second kappa shape index (κ2) is 3.53. The van der Waals surface area contributed by atoms with Crippen LogP contribution < -0.4 is 11.5 Å². The maximum absolute atomic E-state index is 11.2. The van der Waals surface area contributed by atoms with Crippen molar-refractivity contribution in [2.24, 2.45) is 0 Å². The largest absolute Gasteiger partial charge is 0.465 e. The number of benzene rings is 1. The predicted molar refractivity (Wildman–Crippen MR) is 51.6 cm³/mol. The van der Waals surface area contributed by atoms with Gasteiger partial charge in [0.15, 0.2) is 0 Å². The molecule has 1 aromatic carbocycles. The third-order valence-corrected chi connectivity index (χ3v) is 1.93. The minimum absolute atomic E-state index is 0.115. The van der Waals surface area contributed by atoms with Crippen molar-refractivity contribution in [1.82, 2.24) is 0 Å². The number of methoxy groups -OCH3 is 1. The van der Waals surface area contributed by atoms with Crippen molar-refractivity contribution in [2.45, 2.75) is 0 Å². The molecular weight excluding hydrogens is 192 g/mol. The number of carbonyl (C=O) groups excluding carboxylic acids is 1. The normalized spacial score (nSPS) is 9.69. The lowest BCUT2D eigenvalue weighted by atomic mass is 10.1. The van der Waals surface area contributed by atoms with E-state index in [4.69, 9.17) is 23.1 Å². The molecule has 0 aliphatic rings. The van der Waals surface area contributed by atoms with Crippen LogP contribution in [0, 0.1) is 0 Å². The molecule has 1 rings (SSSR count). The van der Waals surface area contributed by atoms with Crippen LogP contribution in [0.3, 0.4) is 0 Å². The minimum atomic E-state index is -0.588. The number of rotatable bonds is 1. The Morgan fingerprint density at radius 2 is 2.08 bits per heavy atom. The Bertz CT molecular complexity index is 352. The number of carbonyl (C=O) groups is 1. The Balaban J connectivity index is 3.33. The van der Waals surface area contributed by atoms with Gasteiger partial charge in [-0.3, -0.25) is 0 Å². The van der Waals surface area contributed by atoms with E-state index >= 15 is 0 Å². The molecule has 0 fully saturated rings. The van der Waals surface area contributed by atoms with Gasteiger partial charge in [-0.05, 0) is 12.1 Å². The van der Waals surface area contributed by atoms with Gasteiger partial charge in [0.25, 0.3) is 0 Å². The van der Waals surface area contributed by atoms with E-state index in [1.165, 1.54) is 19.2 Å². The van der Waals surface area contributed by atoms with Crippen molar-refractivity contribution in [2.75, 3.05) is 18.6 Å². The average molecular weight is 201 g/mol. The Kier molecular flexibility index (Phi) is 2.63. The molecule has 1 aromatic rings. The fourth-order valence-electron chi connectivity index (χ4n) is 0.919. The SMILES string of the molecule is COC(=O)c1c(Cl)ccc(N)c1N. The topological polar surface area (TPSA) is 78.3 Å². The number of ether oxygens (including phenoxy) is 1. The summed E-state index contributed by atoms with van der Waals surface area (Å²) in [6.45, 7) is 0. The molecule has 0 saturated carbocycles. The van der Waals surface area contributed by atoms with E-state index in [0.717, 1.165) is 0 Å². The van der Waals surface area contributed by atoms with Gasteiger partial charge in [-0.1, -0.05) is 11.6 Å². The molecule has 0 atom stereocenters. The molecule has 0 aliphatic carbocycles. The highest BCUT2D eigenvalue weighted by atomic mass is 35.5. The van der Waals surface area contributed by atoms with Crippen molar-refractivity contribution in [1.29, 1.82) is 0 Å². The van der Waals surface area contributed by atoms with Crippen LogP contribution in [0.2, 0.25) is 5.02 Å². The van der Waals surface area contributed by atoms with Crippen LogP contribution in [0.1, 0.15) is 10.4 Å². The number of hydrogen-bond donors (Lipinski definition) is 2. The van der Waals surface area contributed by atoms with E-state index in [1.54, 1.807) is 0 Å². The summed E-state index contributed by atoms with van der Waals surface area (Å²) < 4.78 is 4.49. The molecule has 13 heavy (non-hydrogen) atoms. The first-order valence-corrected chi connectivity index (χ1v) is 3.87. The van der Waals surface area contributed by atoms with Crippen molar-refractivity contribution in [3.63, 3.8) is 0 Å². The van der Waals surface area contributed by atoms with Gasteiger partial charge in [0.1, 0.15) is 5.56 Å². The smallest absolute Gasteiger partial charge is 0.341 e. The summed E-state index contributed by atoms with van der Waals surface area (Å²) in [7, 11) is 1.25. The Labute approximate surface area is 80.4 Å². The first-order valence-electron chi connectivity index (χ1n) is 3.49. The first kappa shape index (κ1) is 9.67. The first-order chi connectivity index (χ1) is 6.07. The lowest BCUT2D eigenvalue weighted by Gasteiger charge is -2.07. The lowest BCUT2D eigenvalue weighted by Crippen LogP contribution is -2.08. The van der Waals surface area contributed by atoms with Gasteiger partial charge in [-0.15, -0.1) is 0 Å². The van der Waals surface area contributed by atoms with Crippen LogP contribution in [0.5, 0.6) is 0 Å². The van der Waals surface area contributed by atoms with E-state index in [9.17, 15) is 4.79 Å². The monoisotopic (exact) mass is 200 g/mol. The zero-order valence-corrected chi connectivity index (χ0v) is 7.76. The third kappa shape index (κ3) is 1.67. The third-order valence-electron chi connectivity index (χ3n) is 1.62. The fraction of sp³-hybridized carbons (Fsp3) is 0.125. The fourth-order valence-corrected chi connectivity index (χ4v) is 1.16. The summed E-state index contributed by atoms with van der Waals surface area (Å²) in [5.74, 6) is -0.588. The molecule has 0 aromatic heterocycles. The van der Waals surface area contributed by atoms with Crippen molar-refractivity contribution >= 4 is 28.9 Å². The van der Waals surface area contributed by atoms with Crippen LogP contribution in [-0.2, 0) is 4.74 Å². The number of esters is 1. The lowest BCUT2D eigenvalue weighted by molar-refractivity contribution is 0.0602. The molecule has 0 aliphatic heterocycles. The molecule has 0 spiro atoms. The molecule has 4 N–H and O–H groups in total. The standard InChI is InChI=1S/C8H9ClN2O2/c1-13-8(12)6-4(9)2-3-5(10)7(6)11/h2-3H,10-11H2,1H3. The van der Waals surface area contributed by atoms with Gasteiger partial charge >= 0.3 is 5.97 Å². The molecule has 0 amide bonds. The van der Waals surface area contributed by atoms with Crippen LogP contribution >= 0.6 is 11.6 Å². The van der Waals surface area contributed by atoms with Crippen LogP contribution in [0.4, 0.5) is 11.4 Å². The summed E-state index contributed by atoms with van der Waals surface area (Å²) >= 11 is 5.74. The molecule has 0 bridgehead atoms. The number of halogens is 1. The van der Waals surface area contributed by atoms with Crippen molar-refractivity contribution < 1.29 is 9.53 Å². The second-order valence-corrected chi connectivity index (χ2v) is 2.82. The van der Waals surface area contributed by atoms with Gasteiger partial charge in [0, 0.05) is 0 Å². The van der Waals surface area contributed by atoms with E-state index < -0.39 is 5.97 Å². The van der Waals surface area contributed by atoms with Crippen molar-refractivity contribution in [3.8, 4) is 0 Å². The Morgan fingerprint density at radius 3 is 2.62 bits per heavy atom.